The smallest absolute Gasteiger partial charge is 0.206 e. The van der Waals surface area contributed by atoms with Crippen LogP contribution in [0.1, 0.15) is 11.1 Å². The highest BCUT2D eigenvalue weighted by atomic mass is 16.7. The SMILES string of the molecule is COCOc1c(OC)cc(C=CC(=O)C=Cc2cc(OC)c(OCOC)c(OC)c2)cc1OC. The molecule has 0 unspecified atom stereocenters. The Kier molecular flexibility index (Phi) is 10.8. The first-order valence-electron chi connectivity index (χ1n) is 10.2. The summed E-state index contributed by atoms with van der Waals surface area (Å²) in [5.41, 5.74) is 1.39. The highest BCUT2D eigenvalue weighted by molar-refractivity contribution is 6.04. The van der Waals surface area contributed by atoms with E-state index >= 15 is 0 Å². The first kappa shape index (κ1) is 26.6. The Bertz CT molecular complexity index is 882. The van der Waals surface area contributed by atoms with Crippen molar-refractivity contribution in [1.29, 1.82) is 0 Å². The number of carbonyl (C=O) groups is 1. The van der Waals surface area contributed by atoms with Gasteiger partial charge in [0.05, 0.1) is 28.4 Å². The molecular weight excluding hydrogens is 444 g/mol. The molecule has 9 nitrogen and oxygen atoms in total. The molecule has 0 fully saturated rings. The van der Waals surface area contributed by atoms with Gasteiger partial charge in [0.1, 0.15) is 0 Å². The predicted octanol–water partition coefficient (Wildman–Crippen LogP) is 3.98. The number of methoxy groups -OCH3 is 6. The van der Waals surface area contributed by atoms with E-state index in [0.717, 1.165) is 0 Å². The van der Waals surface area contributed by atoms with Gasteiger partial charge in [-0.3, -0.25) is 4.79 Å². The summed E-state index contributed by atoms with van der Waals surface area (Å²) >= 11 is 0. The third-order valence-electron chi connectivity index (χ3n) is 4.49. The van der Waals surface area contributed by atoms with Crippen molar-refractivity contribution in [2.75, 3.05) is 56.2 Å². The minimum absolute atomic E-state index is 0.0419. The maximum absolute atomic E-state index is 12.4. The van der Waals surface area contributed by atoms with Crippen LogP contribution in [0.25, 0.3) is 12.2 Å². The van der Waals surface area contributed by atoms with E-state index < -0.39 is 0 Å². The van der Waals surface area contributed by atoms with E-state index in [0.29, 0.717) is 45.6 Å². The number of hydrogen-bond acceptors (Lipinski definition) is 9. The standard InChI is InChI=1S/C25H30O9/c1-27-15-33-24-20(29-3)11-17(12-21(24)30-4)7-9-19(26)10-8-18-13-22(31-5)25(34-16-28-2)23(14-18)32-6/h7-14H,15-16H2,1-6H3. The van der Waals surface area contributed by atoms with E-state index in [1.54, 1.807) is 36.4 Å². The van der Waals surface area contributed by atoms with Crippen molar-refractivity contribution in [3.05, 3.63) is 47.5 Å². The van der Waals surface area contributed by atoms with Gasteiger partial charge < -0.3 is 37.9 Å². The van der Waals surface area contributed by atoms with Crippen molar-refractivity contribution in [1.82, 2.24) is 0 Å². The molecule has 0 saturated heterocycles. The van der Waals surface area contributed by atoms with Gasteiger partial charge in [0.15, 0.2) is 42.4 Å². The van der Waals surface area contributed by atoms with Crippen molar-refractivity contribution in [2.24, 2.45) is 0 Å². The van der Waals surface area contributed by atoms with E-state index in [1.165, 1.54) is 54.8 Å². The van der Waals surface area contributed by atoms with Gasteiger partial charge in [0.25, 0.3) is 0 Å². The minimum atomic E-state index is -0.227. The molecule has 9 heteroatoms. The Morgan fingerprint density at radius 2 is 0.941 bits per heavy atom. The van der Waals surface area contributed by atoms with Gasteiger partial charge in [0, 0.05) is 14.2 Å². The van der Waals surface area contributed by atoms with Gasteiger partial charge in [-0.1, -0.05) is 12.2 Å². The van der Waals surface area contributed by atoms with Crippen LogP contribution in [0.15, 0.2) is 36.4 Å². The molecule has 0 heterocycles. The summed E-state index contributed by atoms with van der Waals surface area (Å²) in [5, 5.41) is 0. The first-order valence-corrected chi connectivity index (χ1v) is 10.2. The van der Waals surface area contributed by atoms with Crippen molar-refractivity contribution in [3.63, 3.8) is 0 Å². The largest absolute Gasteiger partial charge is 0.493 e. The lowest BCUT2D eigenvalue weighted by Crippen LogP contribution is -2.03. The lowest BCUT2D eigenvalue weighted by Gasteiger charge is -2.14. The number of ketones is 1. The molecule has 0 N–H and O–H groups in total. The molecule has 0 amide bonds. The van der Waals surface area contributed by atoms with Crippen LogP contribution in [0, 0.1) is 0 Å². The zero-order valence-corrected chi connectivity index (χ0v) is 20.2. The summed E-state index contributed by atoms with van der Waals surface area (Å²) in [6, 6.07) is 6.93. The number of carbonyl (C=O) groups excluding carboxylic acids is 1. The van der Waals surface area contributed by atoms with Crippen LogP contribution >= 0.6 is 0 Å². The second-order valence-electron chi connectivity index (χ2n) is 6.68. The molecule has 0 saturated carbocycles. The number of benzene rings is 2. The highest BCUT2D eigenvalue weighted by Crippen LogP contribution is 2.40. The first-order chi connectivity index (χ1) is 16.5. The Morgan fingerprint density at radius 3 is 1.21 bits per heavy atom. The van der Waals surface area contributed by atoms with Crippen LogP contribution in [0.2, 0.25) is 0 Å². The predicted molar refractivity (Wildman–Crippen MR) is 127 cm³/mol. The number of allylic oxidation sites excluding steroid dienone is 2. The van der Waals surface area contributed by atoms with Gasteiger partial charge in [-0.15, -0.1) is 0 Å². The molecular formula is C25H30O9. The fourth-order valence-electron chi connectivity index (χ4n) is 2.93. The van der Waals surface area contributed by atoms with Crippen LogP contribution in [0.4, 0.5) is 0 Å². The molecule has 0 spiro atoms. The third-order valence-corrected chi connectivity index (χ3v) is 4.49. The summed E-state index contributed by atoms with van der Waals surface area (Å²) in [6.45, 7) is 0.0838. The van der Waals surface area contributed by atoms with Crippen LogP contribution in [0.3, 0.4) is 0 Å². The zero-order chi connectivity index (χ0) is 24.9. The number of ether oxygens (including phenoxy) is 8. The fraction of sp³-hybridized carbons (Fsp3) is 0.320. The van der Waals surface area contributed by atoms with Crippen LogP contribution in [-0.4, -0.2) is 62.0 Å². The molecule has 0 bridgehead atoms. The van der Waals surface area contributed by atoms with Crippen molar-refractivity contribution in [2.45, 2.75) is 0 Å². The maximum Gasteiger partial charge on any atom is 0.206 e. The van der Waals surface area contributed by atoms with E-state index in [1.807, 2.05) is 0 Å². The molecule has 184 valence electrons. The average Bonchev–Trinajstić information content (AvgIpc) is 2.87. The number of hydrogen-bond donors (Lipinski definition) is 0. The fourth-order valence-corrected chi connectivity index (χ4v) is 2.93. The van der Waals surface area contributed by atoms with Crippen LogP contribution in [0.5, 0.6) is 34.5 Å². The van der Waals surface area contributed by atoms with Crippen molar-refractivity contribution >= 4 is 17.9 Å². The van der Waals surface area contributed by atoms with Crippen LogP contribution < -0.4 is 28.4 Å². The lowest BCUT2D eigenvalue weighted by molar-refractivity contribution is -0.110. The normalized spacial score (nSPS) is 11.0. The Balaban J connectivity index is 2.22. The summed E-state index contributed by atoms with van der Waals surface area (Å²) in [4.78, 5) is 12.4. The van der Waals surface area contributed by atoms with Gasteiger partial charge in [-0.05, 0) is 47.5 Å². The topological polar surface area (TPSA) is 90.9 Å². The molecule has 0 aromatic heterocycles. The van der Waals surface area contributed by atoms with E-state index in [-0.39, 0.29) is 19.4 Å². The Hall–Kier alpha value is -3.69. The van der Waals surface area contributed by atoms with E-state index in [2.05, 4.69) is 0 Å². The number of rotatable bonds is 14. The lowest BCUT2D eigenvalue weighted by atomic mass is 10.1. The van der Waals surface area contributed by atoms with Gasteiger partial charge >= 0.3 is 0 Å². The van der Waals surface area contributed by atoms with Crippen LogP contribution in [-0.2, 0) is 14.3 Å². The van der Waals surface area contributed by atoms with Crippen molar-refractivity contribution in [3.8, 4) is 34.5 Å². The average molecular weight is 475 g/mol. The molecule has 2 rings (SSSR count). The molecule has 0 radical (unpaired) electrons. The summed E-state index contributed by atoms with van der Waals surface area (Å²) < 4.78 is 42.5. The van der Waals surface area contributed by atoms with Crippen molar-refractivity contribution < 1.29 is 42.7 Å². The molecule has 0 atom stereocenters. The van der Waals surface area contributed by atoms with Gasteiger partial charge in [-0.2, -0.15) is 0 Å². The minimum Gasteiger partial charge on any atom is -0.493 e. The molecule has 0 aliphatic rings. The molecule has 0 aliphatic carbocycles. The van der Waals surface area contributed by atoms with E-state index in [4.69, 9.17) is 37.9 Å². The van der Waals surface area contributed by atoms with Gasteiger partial charge in [0.2, 0.25) is 11.5 Å². The summed E-state index contributed by atoms with van der Waals surface area (Å²) in [7, 11) is 9.11. The Labute approximate surface area is 199 Å². The second kappa shape index (κ2) is 13.8. The third kappa shape index (κ3) is 7.16. The zero-order valence-electron chi connectivity index (χ0n) is 20.2. The molecule has 34 heavy (non-hydrogen) atoms. The molecule has 2 aromatic rings. The monoisotopic (exact) mass is 474 g/mol. The maximum atomic E-state index is 12.4. The quantitative estimate of drug-likeness (QED) is 0.298. The van der Waals surface area contributed by atoms with E-state index in [9.17, 15) is 4.79 Å². The van der Waals surface area contributed by atoms with Gasteiger partial charge in [-0.25, -0.2) is 0 Å². The highest BCUT2D eigenvalue weighted by Gasteiger charge is 2.15. The molecule has 2 aromatic carbocycles. The second-order valence-corrected chi connectivity index (χ2v) is 6.68. The summed E-state index contributed by atoms with van der Waals surface area (Å²) in [5.74, 6) is 2.41. The Morgan fingerprint density at radius 1 is 0.618 bits per heavy atom. The summed E-state index contributed by atoms with van der Waals surface area (Å²) in [6.07, 6.45) is 6.18. The molecule has 0 aliphatic heterocycles.